The Labute approximate surface area is 102 Å². The molecule has 0 aromatic rings. The van der Waals surface area contributed by atoms with E-state index in [1.165, 1.54) is 0 Å². The molecule has 0 aliphatic carbocycles. The average molecular weight is 246 g/mol. The van der Waals surface area contributed by atoms with Crippen LogP contribution in [0.25, 0.3) is 0 Å². The van der Waals surface area contributed by atoms with Crippen LogP contribution in [0.1, 0.15) is 19.3 Å². The molecule has 3 N–H and O–H groups in total. The van der Waals surface area contributed by atoms with E-state index in [1.54, 1.807) is 11.8 Å². The first kappa shape index (κ1) is 13.8. The summed E-state index contributed by atoms with van der Waals surface area (Å²) in [5, 5.41) is 2.93. The molecular weight excluding hydrogens is 224 g/mol. The number of ether oxygens (including phenoxy) is 1. The van der Waals surface area contributed by atoms with E-state index >= 15 is 0 Å². The van der Waals surface area contributed by atoms with E-state index in [9.17, 15) is 4.79 Å². The van der Waals surface area contributed by atoms with Crippen molar-refractivity contribution in [3.63, 3.8) is 0 Å². The van der Waals surface area contributed by atoms with Gasteiger partial charge in [-0.1, -0.05) is 0 Å². The van der Waals surface area contributed by atoms with Gasteiger partial charge in [-0.15, -0.1) is 0 Å². The molecule has 5 heteroatoms. The molecule has 1 aliphatic rings. The second kappa shape index (κ2) is 7.92. The molecule has 1 fully saturated rings. The van der Waals surface area contributed by atoms with Gasteiger partial charge in [0, 0.05) is 19.8 Å². The first-order valence-corrected chi connectivity index (χ1v) is 7.23. The van der Waals surface area contributed by atoms with Gasteiger partial charge >= 0.3 is 0 Å². The van der Waals surface area contributed by atoms with Crippen molar-refractivity contribution in [2.75, 3.05) is 31.8 Å². The smallest absolute Gasteiger partial charge is 0.236 e. The molecule has 1 rings (SSSR count). The van der Waals surface area contributed by atoms with E-state index in [2.05, 4.69) is 5.32 Å². The molecule has 0 aromatic heterocycles. The highest BCUT2D eigenvalue weighted by molar-refractivity contribution is 7.98. The first-order chi connectivity index (χ1) is 7.74. The predicted octanol–water partition coefficient (Wildman–Crippen LogP) is 0.610. The number of nitrogens with two attached hydrogens (primary N) is 1. The van der Waals surface area contributed by atoms with Crippen LogP contribution in [0.5, 0.6) is 0 Å². The Kier molecular flexibility index (Phi) is 6.84. The lowest BCUT2D eigenvalue weighted by Crippen LogP contribution is -2.43. The molecule has 0 bridgehead atoms. The number of nitrogens with one attached hydrogen (secondary N) is 1. The largest absolute Gasteiger partial charge is 0.381 e. The minimum Gasteiger partial charge on any atom is -0.381 e. The van der Waals surface area contributed by atoms with Crippen molar-refractivity contribution in [2.45, 2.75) is 25.3 Å². The summed E-state index contributed by atoms with van der Waals surface area (Å²) in [6, 6.07) is -0.354. The van der Waals surface area contributed by atoms with Gasteiger partial charge in [0.1, 0.15) is 0 Å². The van der Waals surface area contributed by atoms with Crippen molar-refractivity contribution < 1.29 is 9.53 Å². The molecular formula is C11H22N2O2S. The zero-order valence-electron chi connectivity index (χ0n) is 9.91. The average Bonchev–Trinajstić information content (AvgIpc) is 2.34. The van der Waals surface area contributed by atoms with Crippen LogP contribution in [-0.4, -0.2) is 43.7 Å². The summed E-state index contributed by atoms with van der Waals surface area (Å²) in [4.78, 5) is 11.6. The van der Waals surface area contributed by atoms with E-state index in [0.29, 0.717) is 5.92 Å². The quantitative estimate of drug-likeness (QED) is 0.721. The van der Waals surface area contributed by atoms with Crippen molar-refractivity contribution in [3.8, 4) is 0 Å². The van der Waals surface area contributed by atoms with Crippen LogP contribution in [0, 0.1) is 5.92 Å². The number of hydrogen-bond acceptors (Lipinski definition) is 4. The number of carbonyl (C=O) groups excluding carboxylic acids is 1. The zero-order valence-corrected chi connectivity index (χ0v) is 10.7. The summed E-state index contributed by atoms with van der Waals surface area (Å²) in [7, 11) is 0. The minimum atomic E-state index is -0.354. The van der Waals surface area contributed by atoms with Crippen LogP contribution in [0.15, 0.2) is 0 Å². The molecule has 94 valence electrons. The van der Waals surface area contributed by atoms with Gasteiger partial charge in [0.25, 0.3) is 0 Å². The van der Waals surface area contributed by atoms with Crippen molar-refractivity contribution in [1.82, 2.24) is 5.32 Å². The van der Waals surface area contributed by atoms with E-state index < -0.39 is 0 Å². The van der Waals surface area contributed by atoms with E-state index in [-0.39, 0.29) is 11.9 Å². The lowest BCUT2D eigenvalue weighted by molar-refractivity contribution is -0.122. The molecule has 1 aliphatic heterocycles. The van der Waals surface area contributed by atoms with Crippen molar-refractivity contribution in [2.24, 2.45) is 11.7 Å². The zero-order chi connectivity index (χ0) is 11.8. The van der Waals surface area contributed by atoms with E-state index in [0.717, 1.165) is 44.8 Å². The third-order valence-corrected chi connectivity index (χ3v) is 3.52. The Morgan fingerprint density at radius 3 is 2.88 bits per heavy atom. The van der Waals surface area contributed by atoms with Gasteiger partial charge in [0.15, 0.2) is 0 Å². The number of thioether (sulfide) groups is 1. The Balaban J connectivity index is 2.12. The maximum atomic E-state index is 11.6. The van der Waals surface area contributed by atoms with Gasteiger partial charge in [-0.3, -0.25) is 4.79 Å². The van der Waals surface area contributed by atoms with Gasteiger partial charge in [-0.25, -0.2) is 0 Å². The lowest BCUT2D eigenvalue weighted by atomic mass is 10.0. The highest BCUT2D eigenvalue weighted by Crippen LogP contribution is 2.13. The van der Waals surface area contributed by atoms with Crippen LogP contribution in [0.2, 0.25) is 0 Å². The SMILES string of the molecule is CSCC[C@H](N)C(=O)NCC1CCOCC1. The minimum absolute atomic E-state index is 0.0134. The van der Waals surface area contributed by atoms with Gasteiger partial charge in [0.05, 0.1) is 6.04 Å². The van der Waals surface area contributed by atoms with Gasteiger partial charge < -0.3 is 15.8 Å². The van der Waals surface area contributed by atoms with Crippen LogP contribution in [0.3, 0.4) is 0 Å². The standard InChI is InChI=1S/C11H22N2O2S/c1-16-7-4-10(12)11(14)13-8-9-2-5-15-6-3-9/h9-10H,2-8,12H2,1H3,(H,13,14)/t10-/m0/s1. The Hall–Kier alpha value is -0.260. The molecule has 0 aromatic carbocycles. The van der Waals surface area contributed by atoms with Gasteiger partial charge in [-0.05, 0) is 37.2 Å². The molecule has 16 heavy (non-hydrogen) atoms. The molecule has 0 spiro atoms. The second-order valence-electron chi connectivity index (χ2n) is 4.19. The fraction of sp³-hybridized carbons (Fsp3) is 0.909. The fourth-order valence-electron chi connectivity index (χ4n) is 1.70. The van der Waals surface area contributed by atoms with E-state index in [1.807, 2.05) is 6.26 Å². The first-order valence-electron chi connectivity index (χ1n) is 5.84. The normalized spacial score (nSPS) is 19.4. The van der Waals surface area contributed by atoms with Crippen molar-refractivity contribution in [1.29, 1.82) is 0 Å². The maximum absolute atomic E-state index is 11.6. The fourth-order valence-corrected chi connectivity index (χ4v) is 2.19. The number of rotatable bonds is 6. The van der Waals surface area contributed by atoms with Gasteiger partial charge in [0.2, 0.25) is 5.91 Å². The number of hydrogen-bond donors (Lipinski definition) is 2. The summed E-state index contributed by atoms with van der Waals surface area (Å²) in [5.41, 5.74) is 5.77. The lowest BCUT2D eigenvalue weighted by Gasteiger charge is -2.23. The maximum Gasteiger partial charge on any atom is 0.236 e. The number of amides is 1. The Bertz CT molecular complexity index is 208. The third-order valence-electron chi connectivity index (χ3n) is 2.88. The Morgan fingerprint density at radius 1 is 1.56 bits per heavy atom. The highest BCUT2D eigenvalue weighted by atomic mass is 32.2. The van der Waals surface area contributed by atoms with E-state index in [4.69, 9.17) is 10.5 Å². The Morgan fingerprint density at radius 2 is 2.25 bits per heavy atom. The van der Waals surface area contributed by atoms with Crippen molar-refractivity contribution in [3.05, 3.63) is 0 Å². The molecule has 1 saturated heterocycles. The molecule has 1 amide bonds. The summed E-state index contributed by atoms with van der Waals surface area (Å²) in [5.74, 6) is 1.48. The van der Waals surface area contributed by atoms with Crippen molar-refractivity contribution >= 4 is 17.7 Å². The molecule has 0 saturated carbocycles. The van der Waals surface area contributed by atoms with Crippen LogP contribution in [0.4, 0.5) is 0 Å². The molecule has 1 atom stereocenters. The van der Waals surface area contributed by atoms with Crippen LogP contribution in [-0.2, 0) is 9.53 Å². The molecule has 1 heterocycles. The highest BCUT2D eigenvalue weighted by Gasteiger charge is 2.17. The summed E-state index contributed by atoms with van der Waals surface area (Å²) < 4.78 is 5.27. The molecule has 0 unspecified atom stereocenters. The molecule has 0 radical (unpaired) electrons. The monoisotopic (exact) mass is 246 g/mol. The van der Waals surface area contributed by atoms with Crippen LogP contribution >= 0.6 is 11.8 Å². The summed E-state index contributed by atoms with van der Waals surface area (Å²) in [6.45, 7) is 2.38. The van der Waals surface area contributed by atoms with Crippen LogP contribution < -0.4 is 11.1 Å². The van der Waals surface area contributed by atoms with Gasteiger partial charge in [-0.2, -0.15) is 11.8 Å². The molecule has 4 nitrogen and oxygen atoms in total. The summed E-state index contributed by atoms with van der Waals surface area (Å²) >= 11 is 1.72. The second-order valence-corrected chi connectivity index (χ2v) is 5.17. The summed E-state index contributed by atoms with van der Waals surface area (Å²) in [6.07, 6.45) is 4.86. The number of carbonyl (C=O) groups is 1. The predicted molar refractivity (Wildman–Crippen MR) is 67.5 cm³/mol. The topological polar surface area (TPSA) is 64.4 Å². The third kappa shape index (κ3) is 5.18.